The fourth-order valence-electron chi connectivity index (χ4n) is 0.970. The summed E-state index contributed by atoms with van der Waals surface area (Å²) in [5.74, 6) is 0.142. The minimum atomic E-state index is -0.498. The van der Waals surface area contributed by atoms with E-state index in [4.69, 9.17) is 22.1 Å². The summed E-state index contributed by atoms with van der Waals surface area (Å²) >= 11 is 5.69. The Morgan fingerprint density at radius 1 is 1.47 bits per heavy atom. The van der Waals surface area contributed by atoms with Gasteiger partial charge in [0, 0.05) is 0 Å². The summed E-state index contributed by atoms with van der Waals surface area (Å²) in [5.41, 5.74) is -0.498. The van der Waals surface area contributed by atoms with Crippen LogP contribution in [0.15, 0.2) is 11.1 Å². The third-order valence-corrected chi connectivity index (χ3v) is 1.94. The Morgan fingerprint density at radius 3 is 2.60 bits per heavy atom. The van der Waals surface area contributed by atoms with Crippen molar-refractivity contribution in [2.45, 2.75) is 0 Å². The molecule has 0 aliphatic rings. The predicted octanol–water partition coefficient (Wildman–Crippen LogP) is 0.277. The lowest BCUT2D eigenvalue weighted by atomic mass is 10.4. The lowest BCUT2D eigenvalue weighted by Crippen LogP contribution is -2.27. The highest BCUT2D eigenvalue weighted by atomic mass is 35.5. The van der Waals surface area contributed by atoms with Gasteiger partial charge in [-0.25, -0.2) is 4.98 Å². The summed E-state index contributed by atoms with van der Waals surface area (Å²) in [6, 6.07) is 3.72. The molecule has 1 heterocycles. The first-order chi connectivity index (χ1) is 7.20. The van der Waals surface area contributed by atoms with Crippen LogP contribution in [-0.2, 0) is 0 Å². The van der Waals surface area contributed by atoms with Crippen LogP contribution >= 0.6 is 11.6 Å². The largest absolute Gasteiger partial charge is 0.329 e. The first kappa shape index (κ1) is 11.0. The average Bonchev–Trinajstić information content (AvgIpc) is 2.22. The van der Waals surface area contributed by atoms with Gasteiger partial charge in [-0.15, -0.1) is 0 Å². The molecule has 0 radical (unpaired) electrons. The van der Waals surface area contributed by atoms with Crippen LogP contribution in [0.25, 0.3) is 0 Å². The Hall–Kier alpha value is -2.05. The van der Waals surface area contributed by atoms with Crippen molar-refractivity contribution in [3.8, 4) is 12.1 Å². The lowest BCUT2D eigenvalue weighted by Gasteiger charge is -2.16. The van der Waals surface area contributed by atoms with E-state index < -0.39 is 5.56 Å². The summed E-state index contributed by atoms with van der Waals surface area (Å²) in [5, 5.41) is 16.9. The van der Waals surface area contributed by atoms with E-state index in [0.29, 0.717) is 0 Å². The molecule has 0 spiro atoms. The molecule has 0 bridgehead atoms. The number of aromatic nitrogens is 2. The molecule has 7 heteroatoms. The molecule has 0 aliphatic carbocycles. The van der Waals surface area contributed by atoms with Gasteiger partial charge in [0.1, 0.15) is 18.1 Å². The molecule has 0 saturated carbocycles. The molecule has 1 aromatic rings. The topological polar surface area (TPSA) is 96.6 Å². The third-order valence-electron chi connectivity index (χ3n) is 1.60. The number of rotatable bonds is 3. The number of hydrogen-bond donors (Lipinski definition) is 1. The van der Waals surface area contributed by atoms with Crippen molar-refractivity contribution in [1.82, 2.24) is 9.97 Å². The zero-order valence-electron chi connectivity index (χ0n) is 7.57. The first-order valence-corrected chi connectivity index (χ1v) is 4.30. The van der Waals surface area contributed by atoms with Crippen molar-refractivity contribution in [2.24, 2.45) is 0 Å². The molecule has 0 aromatic carbocycles. The molecule has 0 atom stereocenters. The van der Waals surface area contributed by atoms with Crippen molar-refractivity contribution in [3.05, 3.63) is 21.7 Å². The number of halogens is 1. The quantitative estimate of drug-likeness (QED) is 0.743. The Balaban J connectivity index is 3.13. The molecule has 76 valence electrons. The zero-order valence-corrected chi connectivity index (χ0v) is 8.32. The van der Waals surface area contributed by atoms with Crippen LogP contribution in [-0.4, -0.2) is 23.1 Å². The summed E-state index contributed by atoms with van der Waals surface area (Å²) in [4.78, 5) is 18.6. The molecular weight excluding hydrogens is 218 g/mol. The van der Waals surface area contributed by atoms with Gasteiger partial charge in [-0.3, -0.25) is 4.79 Å². The second-order valence-corrected chi connectivity index (χ2v) is 2.92. The number of nitriles is 2. The van der Waals surface area contributed by atoms with Crippen molar-refractivity contribution >= 4 is 17.4 Å². The van der Waals surface area contributed by atoms with Crippen LogP contribution in [0, 0.1) is 22.7 Å². The molecule has 0 saturated heterocycles. The normalized spacial score (nSPS) is 9.00. The van der Waals surface area contributed by atoms with E-state index in [-0.39, 0.29) is 23.9 Å². The second-order valence-electron chi connectivity index (χ2n) is 2.54. The highest BCUT2D eigenvalue weighted by Crippen LogP contribution is 2.17. The minimum Gasteiger partial charge on any atom is -0.329 e. The predicted molar refractivity (Wildman–Crippen MR) is 53.3 cm³/mol. The van der Waals surface area contributed by atoms with E-state index >= 15 is 0 Å². The standard InChI is InChI=1S/C8H6ClN5O/c9-6-7(12-5-13-8(6)15)14(3-1-10)4-2-11/h5H,3-4H2,(H,12,13,15). The van der Waals surface area contributed by atoms with E-state index in [9.17, 15) is 4.79 Å². The van der Waals surface area contributed by atoms with Crippen LogP contribution in [0.4, 0.5) is 5.82 Å². The Kier molecular flexibility index (Phi) is 3.67. The molecule has 6 nitrogen and oxygen atoms in total. The highest BCUT2D eigenvalue weighted by molar-refractivity contribution is 6.32. The van der Waals surface area contributed by atoms with Crippen LogP contribution in [0.5, 0.6) is 0 Å². The van der Waals surface area contributed by atoms with Gasteiger partial charge in [-0.2, -0.15) is 10.5 Å². The number of anilines is 1. The van der Waals surface area contributed by atoms with Crippen molar-refractivity contribution in [3.63, 3.8) is 0 Å². The van der Waals surface area contributed by atoms with Gasteiger partial charge in [0.15, 0.2) is 5.82 Å². The van der Waals surface area contributed by atoms with Crippen molar-refractivity contribution < 1.29 is 0 Å². The molecular formula is C8H6ClN5O. The number of H-pyrrole nitrogens is 1. The van der Waals surface area contributed by atoms with E-state index in [0.717, 1.165) is 0 Å². The van der Waals surface area contributed by atoms with Crippen molar-refractivity contribution in [2.75, 3.05) is 18.0 Å². The Morgan fingerprint density at radius 2 is 2.07 bits per heavy atom. The molecule has 1 N–H and O–H groups in total. The van der Waals surface area contributed by atoms with Gasteiger partial charge >= 0.3 is 0 Å². The molecule has 0 aliphatic heterocycles. The number of nitrogens with one attached hydrogen (secondary N) is 1. The molecule has 0 unspecified atom stereocenters. The maximum atomic E-state index is 11.1. The number of nitrogens with zero attached hydrogens (tertiary/aromatic N) is 4. The fraction of sp³-hybridized carbons (Fsp3) is 0.250. The Labute approximate surface area is 90.3 Å². The molecule has 0 amide bonds. The van der Waals surface area contributed by atoms with Gasteiger partial charge in [0.25, 0.3) is 5.56 Å². The molecule has 1 rings (SSSR count). The maximum absolute atomic E-state index is 11.1. The second kappa shape index (κ2) is 4.99. The summed E-state index contributed by atoms with van der Waals surface area (Å²) in [7, 11) is 0. The van der Waals surface area contributed by atoms with Crippen LogP contribution in [0.2, 0.25) is 5.02 Å². The summed E-state index contributed by atoms with van der Waals surface area (Å²) in [6.45, 7) is -0.104. The summed E-state index contributed by atoms with van der Waals surface area (Å²) < 4.78 is 0. The zero-order chi connectivity index (χ0) is 11.3. The first-order valence-electron chi connectivity index (χ1n) is 3.92. The summed E-state index contributed by atoms with van der Waals surface area (Å²) in [6.07, 6.45) is 1.17. The van der Waals surface area contributed by atoms with Crippen LogP contribution < -0.4 is 10.5 Å². The van der Waals surface area contributed by atoms with Gasteiger partial charge in [0.2, 0.25) is 0 Å². The number of aromatic amines is 1. The smallest absolute Gasteiger partial charge is 0.271 e. The van der Waals surface area contributed by atoms with E-state index in [1.807, 2.05) is 12.1 Å². The monoisotopic (exact) mass is 223 g/mol. The van der Waals surface area contributed by atoms with Gasteiger partial charge in [0.05, 0.1) is 18.5 Å². The minimum absolute atomic E-state index is 0.0519. The van der Waals surface area contributed by atoms with Crippen LogP contribution in [0.1, 0.15) is 0 Å². The van der Waals surface area contributed by atoms with Gasteiger partial charge < -0.3 is 9.88 Å². The van der Waals surface area contributed by atoms with E-state index in [1.54, 1.807) is 0 Å². The molecule has 1 aromatic heterocycles. The van der Waals surface area contributed by atoms with E-state index in [1.165, 1.54) is 11.2 Å². The van der Waals surface area contributed by atoms with Gasteiger partial charge in [-0.1, -0.05) is 11.6 Å². The SMILES string of the molecule is N#CCN(CC#N)c1nc[nH]c(=O)c1Cl. The van der Waals surface area contributed by atoms with Crippen molar-refractivity contribution in [1.29, 1.82) is 10.5 Å². The maximum Gasteiger partial charge on any atom is 0.271 e. The number of hydrogen-bond acceptors (Lipinski definition) is 5. The highest BCUT2D eigenvalue weighted by Gasteiger charge is 2.13. The Bertz CT molecular complexity index is 467. The molecule has 15 heavy (non-hydrogen) atoms. The average molecular weight is 224 g/mol. The van der Waals surface area contributed by atoms with Gasteiger partial charge in [-0.05, 0) is 0 Å². The fourth-order valence-corrected chi connectivity index (χ4v) is 1.19. The van der Waals surface area contributed by atoms with E-state index in [2.05, 4.69) is 9.97 Å². The van der Waals surface area contributed by atoms with Crippen LogP contribution in [0.3, 0.4) is 0 Å². The lowest BCUT2D eigenvalue weighted by molar-refractivity contribution is 0.920. The molecule has 0 fully saturated rings. The third kappa shape index (κ3) is 2.46.